The third kappa shape index (κ3) is 25.1. The second-order valence-electron chi connectivity index (χ2n) is 37.1. The van der Waals surface area contributed by atoms with E-state index in [0.717, 1.165) is 149 Å². The maximum absolute atomic E-state index is 16.8. The molecule has 2 atom stereocenters. The molecule has 2 aliphatic rings. The summed E-state index contributed by atoms with van der Waals surface area (Å²) in [6, 6.07) is 17.6. The van der Waals surface area contributed by atoms with Crippen LogP contribution in [0.25, 0.3) is 43.8 Å². The minimum Gasteiger partial charge on any atom is -0.306 e. The lowest BCUT2D eigenvalue weighted by molar-refractivity contribution is -0.124. The molecule has 0 spiro atoms. The summed E-state index contributed by atoms with van der Waals surface area (Å²) in [6.07, 6.45) is 62.4. The molecule has 8 nitrogen and oxygen atoms in total. The fraction of sp³-hybridized carbons (Fsp3) is 0.725. The first-order valence-corrected chi connectivity index (χ1v) is 49.3. The van der Waals surface area contributed by atoms with Crippen molar-refractivity contribution in [3.05, 3.63) is 112 Å². The lowest BCUT2D eigenvalue weighted by Gasteiger charge is -2.30. The van der Waals surface area contributed by atoms with Crippen LogP contribution in [0.4, 0.5) is 0 Å². The monoisotopic (exact) mass is 1570 g/mol. The van der Waals surface area contributed by atoms with Crippen molar-refractivity contribution in [2.75, 3.05) is 13.1 Å². The first-order chi connectivity index (χ1) is 54.3. The highest BCUT2D eigenvalue weighted by molar-refractivity contribution is 7.16. The summed E-state index contributed by atoms with van der Waals surface area (Å²) in [5.74, 6) is 1.21. The van der Waals surface area contributed by atoms with E-state index in [-0.39, 0.29) is 45.6 Å². The Kier molecular flexibility index (Phi) is 40.4. The van der Waals surface area contributed by atoms with Crippen LogP contribution >= 0.6 is 22.7 Å². The molecule has 0 saturated heterocycles. The molecule has 0 saturated carbocycles. The van der Waals surface area contributed by atoms with Crippen LogP contribution in [0.15, 0.2) is 69.3 Å². The smallest absolute Gasteiger partial charge is 0.264 e. The first kappa shape index (κ1) is 92.7. The average molecular weight is 1570 g/mol. The van der Waals surface area contributed by atoms with Gasteiger partial charge < -0.3 is 9.80 Å². The molecule has 0 fully saturated rings. The summed E-state index contributed by atoms with van der Waals surface area (Å²) < 4.78 is 4.05. The predicted molar refractivity (Wildman–Crippen MR) is 489 cm³/mol. The van der Waals surface area contributed by atoms with Crippen LogP contribution in [0.1, 0.15) is 449 Å². The fourth-order valence-corrected chi connectivity index (χ4v) is 20.8. The van der Waals surface area contributed by atoms with Gasteiger partial charge in [-0.3, -0.25) is 28.0 Å². The Labute approximate surface area is 692 Å². The van der Waals surface area contributed by atoms with E-state index < -0.39 is 0 Å². The lowest BCUT2D eigenvalue weighted by Crippen LogP contribution is -2.34. The lowest BCUT2D eigenvalue weighted by atomic mass is 9.78. The molecule has 0 N–H and O–H groups in total. The van der Waals surface area contributed by atoms with Gasteiger partial charge in [0.05, 0.1) is 64.7 Å². The van der Waals surface area contributed by atoms with Gasteiger partial charge in [0, 0.05) is 34.5 Å². The van der Waals surface area contributed by atoms with Gasteiger partial charge in [0.15, 0.2) is 0 Å². The molecule has 8 rings (SSSR count). The van der Waals surface area contributed by atoms with Crippen molar-refractivity contribution in [1.29, 1.82) is 0 Å². The summed E-state index contributed by atoms with van der Waals surface area (Å²) in [5.41, 5.74) is 7.80. The Balaban J connectivity index is 1.32. The molecule has 10 heteroatoms. The molecule has 0 aliphatic carbocycles. The normalized spacial score (nSPS) is 14.4. The summed E-state index contributed by atoms with van der Waals surface area (Å²) in [7, 11) is 0. The Morgan fingerprint density at radius 3 is 0.991 bits per heavy atom. The first-order valence-electron chi connectivity index (χ1n) is 47.7. The Bertz CT molecular complexity index is 3940. The summed E-state index contributed by atoms with van der Waals surface area (Å²) in [6.45, 7) is 33.4. The van der Waals surface area contributed by atoms with Gasteiger partial charge in [-0.25, -0.2) is 0 Å². The number of fused-ring (bicyclic) bond motifs is 4. The zero-order chi connectivity index (χ0) is 80.4. The van der Waals surface area contributed by atoms with E-state index in [9.17, 15) is 0 Å². The highest BCUT2D eigenvalue weighted by atomic mass is 32.1. The molecule has 0 aromatic carbocycles. The number of carbonyl (C=O) groups excluding carboxylic acids is 2. The largest absolute Gasteiger partial charge is 0.306 e. The van der Waals surface area contributed by atoms with Crippen LogP contribution < -0.4 is 11.1 Å². The Morgan fingerprint density at radius 1 is 0.321 bits per heavy atom. The van der Waals surface area contributed by atoms with Crippen molar-refractivity contribution < 1.29 is 9.59 Å². The minimum absolute atomic E-state index is 0.0181. The summed E-state index contributed by atoms with van der Waals surface area (Å²) in [4.78, 5) is 74.7. The number of pyridine rings is 2. The molecule has 6 aromatic heterocycles. The quantitative estimate of drug-likeness (QED) is 0.0356. The van der Waals surface area contributed by atoms with E-state index in [4.69, 9.17) is 0 Å². The Hall–Kier alpha value is -4.80. The van der Waals surface area contributed by atoms with Gasteiger partial charge in [-0.15, -0.1) is 22.7 Å². The van der Waals surface area contributed by atoms with Crippen LogP contribution in [-0.4, -0.2) is 43.5 Å². The third-order valence-electron chi connectivity index (χ3n) is 27.2. The van der Waals surface area contributed by atoms with E-state index in [0.29, 0.717) is 53.3 Å². The number of amides is 2. The van der Waals surface area contributed by atoms with Crippen molar-refractivity contribution in [1.82, 2.24) is 18.6 Å². The maximum Gasteiger partial charge on any atom is 0.264 e. The number of aromatic nitrogens is 2. The van der Waals surface area contributed by atoms with E-state index in [1.54, 1.807) is 22.7 Å². The number of thiophene rings is 2. The number of rotatable bonds is 63. The fourth-order valence-electron chi connectivity index (χ4n) is 18.4. The van der Waals surface area contributed by atoms with Gasteiger partial charge in [-0.05, 0) is 135 Å². The van der Waals surface area contributed by atoms with E-state index >= 15 is 19.2 Å². The maximum atomic E-state index is 16.8. The van der Waals surface area contributed by atoms with Gasteiger partial charge in [-0.1, -0.05) is 379 Å². The number of unbranched alkanes of at least 4 members (excludes halogenated alkanes) is 40. The SMILES string of the molecule is CCCCCCCCCCCc1c2c(=O)n3c(C(C)(C)C(C)C)ccc3c(CCCCCCCCCCC)c2c(=O)n2c(-c3ccc(C4=C5C(=O)N(CC(CCCCCCCC)CCCCCCCCCC)C(c6ccc(C(C)(C)C(C)C)s6)=C5C(=O)N4CC(CCCCCCCC)CCCCCCCCCC)s3)ccc12. The minimum atomic E-state index is -0.299. The summed E-state index contributed by atoms with van der Waals surface area (Å²) in [5, 5.41) is 1.22. The van der Waals surface area contributed by atoms with Crippen LogP contribution in [0.2, 0.25) is 0 Å². The molecular formula is C102H162N4O4S2. The van der Waals surface area contributed by atoms with Crippen molar-refractivity contribution >= 4 is 67.7 Å². The number of hydrogen-bond donors (Lipinski definition) is 0. The van der Waals surface area contributed by atoms with Crippen molar-refractivity contribution in [2.45, 2.75) is 442 Å². The molecule has 112 heavy (non-hydrogen) atoms. The van der Waals surface area contributed by atoms with Crippen LogP contribution in [0, 0.1) is 23.7 Å². The van der Waals surface area contributed by atoms with Crippen LogP contribution in [0.5, 0.6) is 0 Å². The average Bonchev–Trinajstić information content (AvgIpc) is 1.43. The number of carbonyl (C=O) groups is 2. The van der Waals surface area contributed by atoms with E-state index in [1.165, 1.54) is 242 Å². The number of aryl methyl sites for hydroxylation is 2. The van der Waals surface area contributed by atoms with Gasteiger partial charge in [-0.2, -0.15) is 0 Å². The topological polar surface area (TPSA) is 83.6 Å². The molecule has 2 amide bonds. The van der Waals surface area contributed by atoms with E-state index in [2.05, 4.69) is 155 Å². The molecule has 0 radical (unpaired) electrons. The predicted octanol–water partition coefficient (Wildman–Crippen LogP) is 30.9. The molecule has 2 unspecified atom stereocenters. The van der Waals surface area contributed by atoms with Gasteiger partial charge in [0.2, 0.25) is 0 Å². The zero-order valence-corrected chi connectivity index (χ0v) is 76.0. The number of nitrogens with zero attached hydrogens (tertiary/aromatic N) is 4. The third-order valence-corrected chi connectivity index (χ3v) is 29.7. The van der Waals surface area contributed by atoms with E-state index in [1.807, 2.05) is 8.80 Å². The molecule has 6 aromatic rings. The standard InChI is InChI=1S/C102H162N4O4S2/c1-15-21-27-33-39-43-47-53-59-65-81-83-67-68-85(105(83)99(109)91-82(66-60-54-48-44-40-34-28-22-16-2)84-69-73-89(101(11,12)77(7)8)106(84)100(110)92(81)91)86-70-71-87(111-86)95-93-94(98(108)103(95)75-79(61-55-49-37-31-25-19-5)63-57-51-45-41-35-29-23-17-3)96(88-72-74-90(112-88)102(13,14)78(9)10)104(97(93)107)76-80(62-56-50-38-32-26-20-6)64-58-52-46-42-36-30-24-18-4/h67-74,77-80H,15-66,75-76H2,1-14H3. The van der Waals surface area contributed by atoms with Crippen molar-refractivity contribution in [3.63, 3.8) is 0 Å². The molecular weight excluding hydrogens is 1410 g/mol. The molecule has 2 aliphatic heterocycles. The van der Waals surface area contributed by atoms with Crippen molar-refractivity contribution in [3.8, 4) is 10.6 Å². The van der Waals surface area contributed by atoms with Crippen LogP contribution in [-0.2, 0) is 33.3 Å². The van der Waals surface area contributed by atoms with Gasteiger partial charge >= 0.3 is 0 Å². The van der Waals surface area contributed by atoms with Gasteiger partial charge in [0.1, 0.15) is 0 Å². The number of hydrogen-bond acceptors (Lipinski definition) is 6. The highest BCUT2D eigenvalue weighted by Gasteiger charge is 2.50. The van der Waals surface area contributed by atoms with Gasteiger partial charge in [0.25, 0.3) is 22.9 Å². The molecule has 8 heterocycles. The highest BCUT2D eigenvalue weighted by Crippen LogP contribution is 2.52. The Morgan fingerprint density at radius 2 is 0.625 bits per heavy atom. The summed E-state index contributed by atoms with van der Waals surface area (Å²) >= 11 is 3.44. The van der Waals surface area contributed by atoms with Crippen LogP contribution in [0.3, 0.4) is 0 Å². The second kappa shape index (κ2) is 48.8. The second-order valence-corrected chi connectivity index (χ2v) is 39.3. The molecule has 0 bridgehead atoms. The van der Waals surface area contributed by atoms with Crippen molar-refractivity contribution in [2.24, 2.45) is 23.7 Å². The molecule has 626 valence electrons. The zero-order valence-electron chi connectivity index (χ0n) is 74.4.